The fraction of sp³-hybridized carbons (Fsp3) is 0.846. The maximum atomic E-state index is 5.34. The smallest absolute Gasteiger partial charge is 0.228 e. The quantitative estimate of drug-likeness (QED) is 0.824. The van der Waals surface area contributed by atoms with E-state index in [4.69, 9.17) is 4.52 Å². The van der Waals surface area contributed by atoms with Gasteiger partial charge < -0.3 is 9.84 Å². The minimum absolute atomic E-state index is 0.203. The van der Waals surface area contributed by atoms with E-state index in [0.29, 0.717) is 12.0 Å². The summed E-state index contributed by atoms with van der Waals surface area (Å²) in [6, 6.07) is 0.426. The van der Waals surface area contributed by atoms with Gasteiger partial charge in [-0.3, -0.25) is 0 Å². The Hall–Kier alpha value is -0.900. The van der Waals surface area contributed by atoms with Crippen molar-refractivity contribution < 1.29 is 4.52 Å². The standard InChI is InChI=1S/C13H23N3O/c1-9(2)7-10(14-4)8-11-15-12(16-17-11)13(3)5-6-13/h9-10,14H,5-8H2,1-4H3. The molecule has 0 bridgehead atoms. The molecular weight excluding hydrogens is 214 g/mol. The predicted octanol–water partition coefficient (Wildman–Crippen LogP) is 2.30. The molecule has 0 saturated heterocycles. The lowest BCUT2D eigenvalue weighted by Crippen LogP contribution is -2.29. The summed E-state index contributed by atoms with van der Waals surface area (Å²) in [5.41, 5.74) is 0.203. The Labute approximate surface area is 103 Å². The Morgan fingerprint density at radius 2 is 2.12 bits per heavy atom. The van der Waals surface area contributed by atoms with Crippen LogP contribution in [-0.4, -0.2) is 23.2 Å². The van der Waals surface area contributed by atoms with Crippen molar-refractivity contribution in [3.63, 3.8) is 0 Å². The molecule has 1 heterocycles. The van der Waals surface area contributed by atoms with E-state index in [2.05, 4.69) is 36.2 Å². The summed E-state index contributed by atoms with van der Waals surface area (Å²) in [6.07, 6.45) is 4.34. The van der Waals surface area contributed by atoms with Gasteiger partial charge >= 0.3 is 0 Å². The van der Waals surface area contributed by atoms with E-state index in [9.17, 15) is 0 Å². The number of nitrogens with zero attached hydrogens (tertiary/aromatic N) is 2. The largest absolute Gasteiger partial charge is 0.339 e. The first-order valence-corrected chi connectivity index (χ1v) is 6.54. The average Bonchev–Trinajstić information content (AvgIpc) is 2.84. The van der Waals surface area contributed by atoms with Gasteiger partial charge in [0.15, 0.2) is 5.82 Å². The van der Waals surface area contributed by atoms with Crippen molar-refractivity contribution in [3.8, 4) is 0 Å². The molecule has 1 aromatic rings. The highest BCUT2D eigenvalue weighted by Crippen LogP contribution is 2.45. The number of hydrogen-bond donors (Lipinski definition) is 1. The van der Waals surface area contributed by atoms with Gasteiger partial charge in [-0.2, -0.15) is 4.98 Å². The van der Waals surface area contributed by atoms with Gasteiger partial charge in [-0.15, -0.1) is 0 Å². The number of rotatable bonds is 6. The van der Waals surface area contributed by atoms with Crippen LogP contribution in [0.5, 0.6) is 0 Å². The van der Waals surface area contributed by atoms with Crippen LogP contribution < -0.4 is 5.32 Å². The van der Waals surface area contributed by atoms with Gasteiger partial charge in [-0.05, 0) is 32.2 Å². The molecule has 0 radical (unpaired) electrons. The topological polar surface area (TPSA) is 51.0 Å². The molecule has 0 spiro atoms. The zero-order valence-corrected chi connectivity index (χ0v) is 11.3. The lowest BCUT2D eigenvalue weighted by Gasteiger charge is -2.15. The highest BCUT2D eigenvalue weighted by atomic mass is 16.5. The zero-order valence-electron chi connectivity index (χ0n) is 11.3. The monoisotopic (exact) mass is 237 g/mol. The summed E-state index contributed by atoms with van der Waals surface area (Å²) in [6.45, 7) is 6.66. The third kappa shape index (κ3) is 3.06. The van der Waals surface area contributed by atoms with Gasteiger partial charge in [0.1, 0.15) is 0 Å². The average molecular weight is 237 g/mol. The van der Waals surface area contributed by atoms with Crippen molar-refractivity contribution in [3.05, 3.63) is 11.7 Å². The van der Waals surface area contributed by atoms with Gasteiger partial charge in [0.05, 0.1) is 0 Å². The van der Waals surface area contributed by atoms with Gasteiger partial charge in [0, 0.05) is 17.9 Å². The van der Waals surface area contributed by atoms with Crippen LogP contribution in [0.4, 0.5) is 0 Å². The normalized spacial score (nSPS) is 19.6. The minimum atomic E-state index is 0.203. The number of hydrogen-bond acceptors (Lipinski definition) is 4. The van der Waals surface area contributed by atoms with Crippen LogP contribution in [0.1, 0.15) is 51.7 Å². The SMILES string of the molecule is CNC(Cc1nc(C2(C)CC2)no1)CC(C)C. The third-order valence-corrected chi connectivity index (χ3v) is 3.59. The molecule has 1 aliphatic rings. The molecule has 4 heteroatoms. The number of nitrogens with one attached hydrogen (secondary N) is 1. The molecular formula is C13H23N3O. The summed E-state index contributed by atoms with van der Waals surface area (Å²) in [7, 11) is 1.99. The van der Waals surface area contributed by atoms with E-state index in [1.807, 2.05) is 7.05 Å². The zero-order chi connectivity index (χ0) is 12.5. The Balaban J connectivity index is 1.95. The molecule has 1 aliphatic carbocycles. The molecule has 0 aromatic carbocycles. The predicted molar refractivity (Wildman–Crippen MR) is 66.9 cm³/mol. The highest BCUT2D eigenvalue weighted by Gasteiger charge is 2.43. The van der Waals surface area contributed by atoms with E-state index in [1.54, 1.807) is 0 Å². The number of likely N-dealkylation sites (N-methyl/N-ethyl adjacent to an activating group) is 1. The van der Waals surface area contributed by atoms with Crippen LogP contribution in [0.15, 0.2) is 4.52 Å². The first kappa shape index (κ1) is 12.6. The van der Waals surface area contributed by atoms with Crippen LogP contribution in [-0.2, 0) is 11.8 Å². The summed E-state index contributed by atoms with van der Waals surface area (Å²) in [5, 5.41) is 7.42. The molecule has 1 fully saturated rings. The number of aromatic nitrogens is 2. The fourth-order valence-corrected chi connectivity index (χ4v) is 2.08. The van der Waals surface area contributed by atoms with Crippen LogP contribution in [0.3, 0.4) is 0 Å². The highest BCUT2D eigenvalue weighted by molar-refractivity contribution is 5.14. The van der Waals surface area contributed by atoms with Crippen LogP contribution in [0.2, 0.25) is 0 Å². The Kier molecular flexibility index (Phi) is 3.52. The van der Waals surface area contributed by atoms with E-state index in [1.165, 1.54) is 12.8 Å². The summed E-state index contributed by atoms with van der Waals surface area (Å²) >= 11 is 0. The molecule has 4 nitrogen and oxygen atoms in total. The Morgan fingerprint density at radius 1 is 1.41 bits per heavy atom. The van der Waals surface area contributed by atoms with Crippen LogP contribution >= 0.6 is 0 Å². The lowest BCUT2D eigenvalue weighted by molar-refractivity contribution is 0.340. The molecule has 0 aliphatic heterocycles. The second kappa shape index (κ2) is 4.77. The van der Waals surface area contributed by atoms with Crippen molar-refractivity contribution in [1.29, 1.82) is 0 Å². The minimum Gasteiger partial charge on any atom is -0.339 e. The second-order valence-corrected chi connectivity index (χ2v) is 5.89. The van der Waals surface area contributed by atoms with Gasteiger partial charge in [0.25, 0.3) is 0 Å². The molecule has 1 N–H and O–H groups in total. The Bertz CT molecular complexity index is 368. The van der Waals surface area contributed by atoms with Crippen LogP contribution in [0.25, 0.3) is 0 Å². The molecule has 2 rings (SSSR count). The molecule has 1 unspecified atom stereocenters. The van der Waals surface area contributed by atoms with Crippen molar-refractivity contribution in [2.45, 2.75) is 57.9 Å². The van der Waals surface area contributed by atoms with Crippen LogP contribution in [0, 0.1) is 5.92 Å². The fourth-order valence-electron chi connectivity index (χ4n) is 2.08. The molecule has 17 heavy (non-hydrogen) atoms. The first-order valence-electron chi connectivity index (χ1n) is 6.54. The third-order valence-electron chi connectivity index (χ3n) is 3.59. The Morgan fingerprint density at radius 3 is 2.65 bits per heavy atom. The van der Waals surface area contributed by atoms with E-state index in [-0.39, 0.29) is 5.41 Å². The molecule has 96 valence electrons. The first-order chi connectivity index (χ1) is 8.03. The van der Waals surface area contributed by atoms with Crippen molar-refractivity contribution in [2.75, 3.05) is 7.05 Å². The van der Waals surface area contributed by atoms with E-state index < -0.39 is 0 Å². The molecule has 1 saturated carbocycles. The maximum Gasteiger partial charge on any atom is 0.228 e. The van der Waals surface area contributed by atoms with Crippen molar-refractivity contribution in [2.24, 2.45) is 5.92 Å². The van der Waals surface area contributed by atoms with Gasteiger partial charge in [0.2, 0.25) is 5.89 Å². The van der Waals surface area contributed by atoms with Gasteiger partial charge in [-0.1, -0.05) is 25.9 Å². The van der Waals surface area contributed by atoms with Gasteiger partial charge in [-0.25, -0.2) is 0 Å². The summed E-state index contributed by atoms with van der Waals surface area (Å²) in [5.74, 6) is 2.34. The summed E-state index contributed by atoms with van der Waals surface area (Å²) < 4.78 is 5.34. The van der Waals surface area contributed by atoms with Crippen molar-refractivity contribution in [1.82, 2.24) is 15.5 Å². The molecule has 1 aromatic heterocycles. The van der Waals surface area contributed by atoms with E-state index in [0.717, 1.165) is 24.6 Å². The summed E-state index contributed by atoms with van der Waals surface area (Å²) in [4.78, 5) is 4.52. The lowest BCUT2D eigenvalue weighted by atomic mass is 10.0. The second-order valence-electron chi connectivity index (χ2n) is 5.89. The van der Waals surface area contributed by atoms with Crippen molar-refractivity contribution >= 4 is 0 Å². The molecule has 0 amide bonds. The van der Waals surface area contributed by atoms with E-state index >= 15 is 0 Å². The maximum absolute atomic E-state index is 5.34. The molecule has 1 atom stereocenters.